The van der Waals surface area contributed by atoms with E-state index in [1.54, 1.807) is 26.0 Å². The lowest BCUT2D eigenvalue weighted by Gasteiger charge is -2.47. The molecule has 1 aliphatic rings. The number of aliphatic hydroxyl groups excluding tert-OH is 1. The number of likely N-dealkylation sites (N-methyl/N-ethyl adjacent to an activating group) is 1. The molecule has 0 aromatic heterocycles. The van der Waals surface area contributed by atoms with Gasteiger partial charge in [0.1, 0.15) is 17.5 Å². The normalized spacial score (nSPS) is 24.6. The third kappa shape index (κ3) is 3.12. The fourth-order valence-corrected chi connectivity index (χ4v) is 4.51. The molecule has 1 aromatic rings. The summed E-state index contributed by atoms with van der Waals surface area (Å²) >= 11 is 6.04. The number of carbonyl (C=O) groups excluding carboxylic acids is 1. The molecule has 1 heterocycles. The first-order valence-electron chi connectivity index (χ1n) is 7.60. The van der Waals surface area contributed by atoms with Crippen molar-refractivity contribution in [3.05, 3.63) is 28.8 Å². The summed E-state index contributed by atoms with van der Waals surface area (Å²) in [4.78, 5) is 11.5. The smallest absolute Gasteiger partial charge is 0.258 e. The van der Waals surface area contributed by atoms with Gasteiger partial charge in [0.2, 0.25) is 4.87 Å². The Hall–Kier alpha value is -1.35. The molecule has 0 saturated heterocycles. The molecule has 0 saturated carbocycles. The van der Waals surface area contributed by atoms with Gasteiger partial charge in [-0.2, -0.15) is 0 Å². The molecule has 2 rings (SSSR count). The monoisotopic (exact) mass is 390 g/mol. The highest BCUT2D eigenvalue weighted by molar-refractivity contribution is 7.92. The first-order valence-corrected chi connectivity index (χ1v) is 9.87. The number of rotatable bonds is 3. The first kappa shape index (κ1) is 20.0. The number of ether oxygens (including phenoxy) is 1. The standard InChI is InChI=1S/C16H23ClN2O5S/c1-15(2)13(20)12(10-8-9(17)6-7-11(10)24-15)16(18,25(5,22)23)14(21)19(3)4/h6-8,12-13,20H,18H2,1-5H3. The molecule has 0 aliphatic carbocycles. The molecule has 1 amide bonds. The molecule has 140 valence electrons. The van der Waals surface area contributed by atoms with Gasteiger partial charge in [-0.1, -0.05) is 11.6 Å². The second-order valence-electron chi connectivity index (χ2n) is 7.08. The predicted octanol–water partition coefficient (Wildman–Crippen LogP) is 0.743. The number of amides is 1. The maximum absolute atomic E-state index is 12.8. The lowest BCUT2D eigenvalue weighted by Crippen LogP contribution is -2.68. The fourth-order valence-electron chi connectivity index (χ4n) is 3.11. The first-order chi connectivity index (χ1) is 11.2. The Morgan fingerprint density at radius 1 is 1.40 bits per heavy atom. The minimum atomic E-state index is -4.12. The van der Waals surface area contributed by atoms with Gasteiger partial charge in [-0.3, -0.25) is 4.79 Å². The Bertz CT molecular complexity index is 809. The molecule has 9 heteroatoms. The van der Waals surface area contributed by atoms with Crippen LogP contribution in [0.25, 0.3) is 0 Å². The van der Waals surface area contributed by atoms with Crippen LogP contribution in [0, 0.1) is 0 Å². The van der Waals surface area contributed by atoms with Crippen LogP contribution in [0.15, 0.2) is 18.2 Å². The number of nitrogens with zero attached hydrogens (tertiary/aromatic N) is 1. The zero-order valence-corrected chi connectivity index (χ0v) is 16.4. The summed E-state index contributed by atoms with van der Waals surface area (Å²) in [5.74, 6) is -1.76. The number of hydrogen-bond acceptors (Lipinski definition) is 6. The van der Waals surface area contributed by atoms with Crippen molar-refractivity contribution in [2.75, 3.05) is 20.4 Å². The van der Waals surface area contributed by atoms with Gasteiger partial charge in [0, 0.05) is 30.9 Å². The van der Waals surface area contributed by atoms with E-state index in [0.29, 0.717) is 10.8 Å². The van der Waals surface area contributed by atoms with E-state index in [9.17, 15) is 18.3 Å². The van der Waals surface area contributed by atoms with Crippen LogP contribution in [-0.4, -0.2) is 61.3 Å². The third-order valence-corrected chi connectivity index (χ3v) is 6.41. The van der Waals surface area contributed by atoms with E-state index >= 15 is 0 Å². The quantitative estimate of drug-likeness (QED) is 0.787. The zero-order valence-electron chi connectivity index (χ0n) is 14.8. The van der Waals surface area contributed by atoms with Crippen LogP contribution < -0.4 is 10.5 Å². The number of aliphatic hydroxyl groups is 1. The average Bonchev–Trinajstić information content (AvgIpc) is 2.46. The number of benzene rings is 1. The number of nitrogens with two attached hydrogens (primary N) is 1. The van der Waals surface area contributed by atoms with E-state index < -0.39 is 38.2 Å². The van der Waals surface area contributed by atoms with Gasteiger partial charge < -0.3 is 20.5 Å². The number of sulfone groups is 1. The molecule has 25 heavy (non-hydrogen) atoms. The van der Waals surface area contributed by atoms with Crippen LogP contribution in [0.2, 0.25) is 5.02 Å². The van der Waals surface area contributed by atoms with Crippen LogP contribution in [-0.2, 0) is 14.6 Å². The van der Waals surface area contributed by atoms with Crippen molar-refractivity contribution in [3.63, 3.8) is 0 Å². The van der Waals surface area contributed by atoms with E-state index in [1.807, 2.05) is 0 Å². The van der Waals surface area contributed by atoms with E-state index in [4.69, 9.17) is 22.1 Å². The molecular weight excluding hydrogens is 368 g/mol. The predicted molar refractivity (Wildman–Crippen MR) is 95.4 cm³/mol. The minimum absolute atomic E-state index is 0.280. The lowest BCUT2D eigenvalue weighted by atomic mass is 9.76. The molecule has 0 radical (unpaired) electrons. The van der Waals surface area contributed by atoms with E-state index in [0.717, 1.165) is 11.2 Å². The number of hydrogen-bond donors (Lipinski definition) is 2. The largest absolute Gasteiger partial charge is 0.485 e. The van der Waals surface area contributed by atoms with E-state index in [1.165, 1.54) is 20.2 Å². The summed E-state index contributed by atoms with van der Waals surface area (Å²) < 4.78 is 31.0. The Morgan fingerprint density at radius 2 is 1.96 bits per heavy atom. The summed E-state index contributed by atoms with van der Waals surface area (Å²) in [7, 11) is -1.30. The maximum Gasteiger partial charge on any atom is 0.258 e. The molecule has 0 spiro atoms. The summed E-state index contributed by atoms with van der Waals surface area (Å²) in [6.07, 6.45) is -0.476. The highest BCUT2D eigenvalue weighted by Crippen LogP contribution is 2.48. The Labute approximate surface area is 152 Å². The number of carbonyl (C=O) groups is 1. The van der Waals surface area contributed by atoms with Crippen molar-refractivity contribution in [2.45, 2.75) is 36.3 Å². The summed E-state index contributed by atoms with van der Waals surface area (Å²) in [6, 6.07) is 4.62. The van der Waals surface area contributed by atoms with Crippen molar-refractivity contribution in [2.24, 2.45) is 5.73 Å². The second-order valence-corrected chi connectivity index (χ2v) is 9.73. The van der Waals surface area contributed by atoms with Crippen molar-refractivity contribution in [3.8, 4) is 5.75 Å². The highest BCUT2D eigenvalue weighted by atomic mass is 35.5. The summed E-state index contributed by atoms with van der Waals surface area (Å²) in [5.41, 5.74) is 5.35. The van der Waals surface area contributed by atoms with Gasteiger partial charge >= 0.3 is 0 Å². The summed E-state index contributed by atoms with van der Waals surface area (Å²) in [5, 5.41) is 11.2. The van der Waals surface area contributed by atoms with Crippen LogP contribution in [0.3, 0.4) is 0 Å². The van der Waals surface area contributed by atoms with E-state index in [2.05, 4.69) is 0 Å². The molecule has 3 unspecified atom stereocenters. The fraction of sp³-hybridized carbons (Fsp3) is 0.562. The molecule has 0 fully saturated rings. The molecule has 1 aliphatic heterocycles. The van der Waals surface area contributed by atoms with Gasteiger partial charge in [-0.25, -0.2) is 8.42 Å². The van der Waals surface area contributed by atoms with Gasteiger partial charge in [-0.15, -0.1) is 0 Å². The topological polar surface area (TPSA) is 110 Å². The molecule has 1 aromatic carbocycles. The zero-order chi connectivity index (χ0) is 19.4. The van der Waals surface area contributed by atoms with Crippen LogP contribution >= 0.6 is 11.6 Å². The van der Waals surface area contributed by atoms with Crippen LogP contribution in [0.1, 0.15) is 25.3 Å². The number of halogens is 1. The van der Waals surface area contributed by atoms with Crippen molar-refractivity contribution in [1.82, 2.24) is 4.90 Å². The Morgan fingerprint density at radius 3 is 2.44 bits per heavy atom. The average molecular weight is 391 g/mol. The van der Waals surface area contributed by atoms with Crippen molar-refractivity contribution >= 4 is 27.3 Å². The van der Waals surface area contributed by atoms with Crippen molar-refractivity contribution in [1.29, 1.82) is 0 Å². The minimum Gasteiger partial charge on any atom is -0.485 e. The molecule has 7 nitrogen and oxygen atoms in total. The highest BCUT2D eigenvalue weighted by Gasteiger charge is 2.60. The second kappa shape index (κ2) is 6.12. The SMILES string of the molecule is CN(C)C(=O)C(N)(C1c2cc(Cl)ccc2OC(C)(C)C1O)S(C)(=O)=O. The van der Waals surface area contributed by atoms with E-state index in [-0.39, 0.29) is 5.56 Å². The van der Waals surface area contributed by atoms with Crippen LogP contribution in [0.5, 0.6) is 5.75 Å². The molecular formula is C16H23ClN2O5S. The molecule has 0 bridgehead atoms. The maximum atomic E-state index is 12.8. The Balaban J connectivity index is 2.84. The Kier molecular flexibility index (Phi) is 4.89. The lowest BCUT2D eigenvalue weighted by molar-refractivity contribution is -0.135. The molecule has 3 atom stereocenters. The molecule has 3 N–H and O–H groups in total. The third-order valence-electron chi connectivity index (χ3n) is 4.52. The summed E-state index contributed by atoms with van der Waals surface area (Å²) in [6.45, 7) is 3.20. The van der Waals surface area contributed by atoms with Crippen LogP contribution in [0.4, 0.5) is 0 Å². The number of fused-ring (bicyclic) bond motifs is 1. The van der Waals surface area contributed by atoms with Crippen molar-refractivity contribution < 1.29 is 23.1 Å². The van der Waals surface area contributed by atoms with Gasteiger partial charge in [-0.05, 0) is 32.0 Å². The van der Waals surface area contributed by atoms with Gasteiger partial charge in [0.25, 0.3) is 5.91 Å². The van der Waals surface area contributed by atoms with Gasteiger partial charge in [0.05, 0.1) is 5.92 Å². The van der Waals surface area contributed by atoms with Gasteiger partial charge in [0.15, 0.2) is 9.84 Å².